The fourth-order valence-corrected chi connectivity index (χ4v) is 5.36. The molecule has 0 unspecified atom stereocenters. The van der Waals surface area contributed by atoms with Crippen LogP contribution in [-0.4, -0.2) is 39.7 Å². The molecule has 1 atom stereocenters. The molecule has 42 heavy (non-hydrogen) atoms. The van der Waals surface area contributed by atoms with E-state index in [1.807, 2.05) is 0 Å². The van der Waals surface area contributed by atoms with Crippen molar-refractivity contribution in [3.63, 3.8) is 0 Å². The molecular weight excluding hydrogens is 615 g/mol. The van der Waals surface area contributed by atoms with Crippen molar-refractivity contribution < 1.29 is 40.9 Å². The Morgan fingerprint density at radius 2 is 1.79 bits per heavy atom. The summed E-state index contributed by atoms with van der Waals surface area (Å²) >= 11 is 12.7. The quantitative estimate of drug-likeness (QED) is 0.174. The Hall–Kier alpha value is -3.41. The highest BCUT2D eigenvalue weighted by Gasteiger charge is 2.26. The van der Waals surface area contributed by atoms with Crippen LogP contribution in [0.4, 0.5) is 8.78 Å². The number of hydrogen-bond acceptors (Lipinski definition) is 8. The zero-order chi connectivity index (χ0) is 30.4. The van der Waals surface area contributed by atoms with Gasteiger partial charge in [0.2, 0.25) is 0 Å². The zero-order valence-electron chi connectivity index (χ0n) is 22.4. The number of pyridine rings is 1. The average Bonchev–Trinajstić information content (AvgIpc) is 3.78. The molecule has 0 amide bonds. The summed E-state index contributed by atoms with van der Waals surface area (Å²) in [7, 11) is -2.30. The number of ether oxygens (including phenoxy) is 4. The second-order valence-electron chi connectivity index (χ2n) is 9.52. The van der Waals surface area contributed by atoms with Crippen LogP contribution < -0.4 is 14.2 Å². The lowest BCUT2D eigenvalue weighted by Gasteiger charge is -2.22. The van der Waals surface area contributed by atoms with Crippen LogP contribution in [0.3, 0.4) is 0 Å². The molecule has 1 fully saturated rings. The molecule has 0 bridgehead atoms. The number of benzene rings is 2. The van der Waals surface area contributed by atoms with Gasteiger partial charge < -0.3 is 18.9 Å². The van der Waals surface area contributed by atoms with Gasteiger partial charge in [-0.2, -0.15) is 8.78 Å². The molecular formula is C29H27Cl2F2NO7S. The van der Waals surface area contributed by atoms with Crippen molar-refractivity contribution in [3.05, 3.63) is 93.1 Å². The number of aromatic nitrogens is 1. The van der Waals surface area contributed by atoms with Crippen LogP contribution in [0.15, 0.2) is 60.8 Å². The Morgan fingerprint density at radius 3 is 2.40 bits per heavy atom. The van der Waals surface area contributed by atoms with E-state index in [9.17, 15) is 22.0 Å². The summed E-state index contributed by atoms with van der Waals surface area (Å²) < 4.78 is 72.1. The Balaban J connectivity index is 1.70. The molecule has 1 saturated carbocycles. The maximum Gasteiger partial charge on any atom is 0.387 e. The maximum absolute atomic E-state index is 13.4. The number of hydrogen-bond donors (Lipinski definition) is 0. The number of carbonyl (C=O) groups is 1. The van der Waals surface area contributed by atoms with E-state index in [0.717, 1.165) is 18.2 Å². The first-order chi connectivity index (χ1) is 20.0. The molecule has 4 rings (SSSR count). The first-order valence-electron chi connectivity index (χ1n) is 12.7. The standard InChI is InChI=1S/C29H27Cl2F2NO7S/c1-3-42(36,37)16-20-10-19(7-8-24(20)38-2)28(35)40-26(12-21-22(30)13-34-14-23(21)31)18-6-9-25(41-29(32)33)27(11-18)39-15-17-4-5-17/h3,6-11,13-14,17,26,29H,1,4-5,12,15-16H2,2H3/t26-/m0/s1. The summed E-state index contributed by atoms with van der Waals surface area (Å²) in [6.45, 7) is 0.561. The summed E-state index contributed by atoms with van der Waals surface area (Å²) in [5.74, 6) is -0.757. The second kappa shape index (κ2) is 13.7. The van der Waals surface area contributed by atoms with Gasteiger partial charge in [0, 0.05) is 29.8 Å². The molecule has 2 aromatic carbocycles. The number of carbonyl (C=O) groups excluding carboxylic acids is 1. The molecule has 0 saturated heterocycles. The maximum atomic E-state index is 13.4. The number of esters is 1. The Labute approximate surface area is 252 Å². The van der Waals surface area contributed by atoms with E-state index in [4.69, 9.17) is 37.4 Å². The van der Waals surface area contributed by atoms with Gasteiger partial charge in [-0.05, 0) is 60.2 Å². The lowest BCUT2D eigenvalue weighted by atomic mass is 10.0. The van der Waals surface area contributed by atoms with Gasteiger partial charge in [-0.25, -0.2) is 13.2 Å². The summed E-state index contributed by atoms with van der Waals surface area (Å²) in [4.78, 5) is 17.4. The van der Waals surface area contributed by atoms with E-state index in [2.05, 4.69) is 16.3 Å². The largest absolute Gasteiger partial charge is 0.496 e. The highest BCUT2D eigenvalue weighted by Crippen LogP contribution is 2.38. The molecule has 0 aliphatic heterocycles. The first-order valence-corrected chi connectivity index (χ1v) is 15.2. The minimum absolute atomic E-state index is 0.00308. The highest BCUT2D eigenvalue weighted by atomic mass is 35.5. The van der Waals surface area contributed by atoms with Gasteiger partial charge in [0.1, 0.15) is 11.9 Å². The summed E-state index contributed by atoms with van der Waals surface area (Å²) in [6, 6.07) is 8.49. The number of nitrogens with zero attached hydrogens (tertiary/aromatic N) is 1. The monoisotopic (exact) mass is 641 g/mol. The highest BCUT2D eigenvalue weighted by molar-refractivity contribution is 7.93. The third-order valence-corrected chi connectivity index (χ3v) is 8.32. The van der Waals surface area contributed by atoms with E-state index in [0.29, 0.717) is 23.7 Å². The van der Waals surface area contributed by atoms with Crippen LogP contribution in [0.1, 0.15) is 46.0 Å². The number of sulfone groups is 1. The number of rotatable bonds is 14. The van der Waals surface area contributed by atoms with Crippen molar-refractivity contribution in [1.29, 1.82) is 0 Å². The Morgan fingerprint density at radius 1 is 1.10 bits per heavy atom. The van der Waals surface area contributed by atoms with E-state index >= 15 is 0 Å². The van der Waals surface area contributed by atoms with Gasteiger partial charge in [0.05, 0.1) is 35.1 Å². The van der Waals surface area contributed by atoms with Gasteiger partial charge in [0.25, 0.3) is 0 Å². The van der Waals surface area contributed by atoms with Gasteiger partial charge in [-0.3, -0.25) is 4.98 Å². The minimum Gasteiger partial charge on any atom is -0.496 e. The van der Waals surface area contributed by atoms with Crippen molar-refractivity contribution in [2.24, 2.45) is 5.92 Å². The fraction of sp³-hybridized carbons (Fsp3) is 0.310. The number of halogens is 4. The number of alkyl halides is 2. The molecule has 224 valence electrons. The van der Waals surface area contributed by atoms with Gasteiger partial charge in [-0.15, -0.1) is 0 Å². The van der Waals surface area contributed by atoms with E-state index < -0.39 is 34.3 Å². The molecule has 1 aromatic heterocycles. The fourth-order valence-electron chi connectivity index (χ4n) is 4.06. The molecule has 1 aliphatic rings. The second-order valence-corrected chi connectivity index (χ2v) is 12.3. The van der Waals surface area contributed by atoms with Gasteiger partial charge >= 0.3 is 12.6 Å². The predicted molar refractivity (Wildman–Crippen MR) is 153 cm³/mol. The van der Waals surface area contributed by atoms with Crippen LogP contribution >= 0.6 is 23.2 Å². The van der Waals surface area contributed by atoms with E-state index in [1.54, 1.807) is 0 Å². The summed E-state index contributed by atoms with van der Waals surface area (Å²) in [5, 5.41) is 1.28. The van der Waals surface area contributed by atoms with Gasteiger partial charge in [0.15, 0.2) is 21.3 Å². The lowest BCUT2D eigenvalue weighted by molar-refractivity contribution is -0.0515. The molecule has 0 radical (unpaired) electrons. The minimum atomic E-state index is -3.67. The number of methoxy groups -OCH3 is 1. The van der Waals surface area contributed by atoms with Crippen molar-refractivity contribution >= 4 is 39.0 Å². The molecule has 3 aromatic rings. The molecule has 0 spiro atoms. The van der Waals surface area contributed by atoms with Crippen LogP contribution in [0.5, 0.6) is 17.2 Å². The van der Waals surface area contributed by atoms with Crippen LogP contribution in [0, 0.1) is 5.92 Å². The van der Waals surface area contributed by atoms with Gasteiger partial charge in [-0.1, -0.05) is 35.8 Å². The van der Waals surface area contributed by atoms with Crippen LogP contribution in [0.25, 0.3) is 0 Å². The third-order valence-electron chi connectivity index (χ3n) is 6.44. The zero-order valence-corrected chi connectivity index (χ0v) is 24.7. The Kier molecular flexibility index (Phi) is 10.3. The van der Waals surface area contributed by atoms with Crippen LogP contribution in [-0.2, 0) is 26.7 Å². The normalized spacial score (nSPS) is 13.9. The molecule has 13 heteroatoms. The Bertz CT molecular complexity index is 1550. The predicted octanol–water partition coefficient (Wildman–Crippen LogP) is 6.99. The van der Waals surface area contributed by atoms with Crippen LogP contribution in [0.2, 0.25) is 10.0 Å². The van der Waals surface area contributed by atoms with Crippen molar-refractivity contribution in [2.75, 3.05) is 13.7 Å². The van der Waals surface area contributed by atoms with E-state index in [1.165, 1.54) is 55.9 Å². The topological polar surface area (TPSA) is 101 Å². The smallest absolute Gasteiger partial charge is 0.387 e. The SMILES string of the molecule is C=CS(=O)(=O)Cc1cc(C(=O)O[C@@H](Cc2c(Cl)cncc2Cl)c2ccc(OC(F)F)c(OCC3CC3)c2)ccc1OC. The molecule has 1 heterocycles. The summed E-state index contributed by atoms with van der Waals surface area (Å²) in [5.41, 5.74) is 1.10. The third kappa shape index (κ3) is 8.33. The summed E-state index contributed by atoms with van der Waals surface area (Å²) in [6.07, 6.45) is 3.70. The lowest BCUT2D eigenvalue weighted by Crippen LogP contribution is -2.16. The van der Waals surface area contributed by atoms with Crippen molar-refractivity contribution in [2.45, 2.75) is 37.7 Å². The van der Waals surface area contributed by atoms with Crippen molar-refractivity contribution in [3.8, 4) is 17.2 Å². The average molecular weight is 643 g/mol. The first kappa shape index (κ1) is 31.5. The molecule has 8 nitrogen and oxygen atoms in total. The molecule has 0 N–H and O–H groups in total. The van der Waals surface area contributed by atoms with Crippen molar-refractivity contribution in [1.82, 2.24) is 4.98 Å². The van der Waals surface area contributed by atoms with E-state index in [-0.39, 0.29) is 44.8 Å². The molecule has 1 aliphatic carbocycles.